The highest BCUT2D eigenvalue weighted by atomic mass is 32.2. The minimum absolute atomic E-state index is 0.000509. The lowest BCUT2D eigenvalue weighted by atomic mass is 9.85. The van der Waals surface area contributed by atoms with Crippen LogP contribution < -0.4 is 10.9 Å². The topological polar surface area (TPSA) is 140 Å². The molecule has 0 aliphatic carbocycles. The van der Waals surface area contributed by atoms with Crippen molar-refractivity contribution in [1.82, 2.24) is 19.9 Å². The third-order valence-electron chi connectivity index (χ3n) is 9.34. The van der Waals surface area contributed by atoms with Crippen molar-refractivity contribution in [1.29, 1.82) is 0 Å². The number of carbonyl (C=O) groups excluding carboxylic acids is 3. The molecule has 2 atom stereocenters. The van der Waals surface area contributed by atoms with E-state index in [-0.39, 0.29) is 36.1 Å². The average Bonchev–Trinajstić information content (AvgIpc) is 3.46. The van der Waals surface area contributed by atoms with Gasteiger partial charge in [0.25, 0.3) is 5.56 Å². The van der Waals surface area contributed by atoms with Gasteiger partial charge >= 0.3 is 11.9 Å². The summed E-state index contributed by atoms with van der Waals surface area (Å²) in [6, 6.07) is 10.3. The van der Waals surface area contributed by atoms with Gasteiger partial charge in [-0.05, 0) is 70.7 Å². The molecule has 2 N–H and O–H groups in total. The fourth-order valence-corrected chi connectivity index (χ4v) is 7.29. The Morgan fingerprint density at radius 3 is 2.59 bits per heavy atom. The molecule has 1 amide bonds. The number of hydrogen-bond donors (Lipinski definition) is 2. The molecule has 3 aliphatic heterocycles. The van der Waals surface area contributed by atoms with Gasteiger partial charge in [0.05, 0.1) is 40.1 Å². The standard InChI is InChI=1S/C34H38N4O7S/c1-7-34(45-30(41)25(12-13-46-6)36-28(39)23-16-32(2,3)38(43)33(23,4)5)22-15-26-27-20(14-19-10-8-9-11-24(19)35-27)17-37(26)29(40)21(22)18-44-31(34)42/h8-11,14-16,25,43H,7,12-13,17-18H2,1-6H3,(H,36,39)/t25-,34-/m0/s1. The molecular formula is C34H38N4O7S. The summed E-state index contributed by atoms with van der Waals surface area (Å²) in [6.45, 7) is 8.75. The maximum Gasteiger partial charge on any atom is 0.355 e. The maximum absolute atomic E-state index is 14.0. The molecule has 5 heterocycles. The zero-order valence-corrected chi connectivity index (χ0v) is 27.6. The van der Waals surface area contributed by atoms with Gasteiger partial charge in [-0.25, -0.2) is 14.6 Å². The maximum atomic E-state index is 14.0. The lowest BCUT2D eigenvalue weighted by Gasteiger charge is -2.37. The molecule has 2 aromatic heterocycles. The highest BCUT2D eigenvalue weighted by Gasteiger charge is 2.52. The number of nitrogens with one attached hydrogen (secondary N) is 1. The van der Waals surface area contributed by atoms with Crippen molar-refractivity contribution >= 4 is 40.5 Å². The summed E-state index contributed by atoms with van der Waals surface area (Å²) in [5.41, 5.74) is -0.444. The monoisotopic (exact) mass is 646 g/mol. The van der Waals surface area contributed by atoms with Crippen LogP contribution in [0, 0.1) is 0 Å². The Labute approximate surface area is 270 Å². The van der Waals surface area contributed by atoms with Crippen LogP contribution in [0.25, 0.3) is 22.3 Å². The molecule has 0 unspecified atom stereocenters. The largest absolute Gasteiger partial charge is 0.457 e. The lowest BCUT2D eigenvalue weighted by Crippen LogP contribution is -2.53. The van der Waals surface area contributed by atoms with Gasteiger partial charge < -0.3 is 24.6 Å². The third kappa shape index (κ3) is 4.94. The number of pyridine rings is 2. The van der Waals surface area contributed by atoms with Crippen molar-refractivity contribution in [2.24, 2.45) is 0 Å². The number of ether oxygens (including phenoxy) is 2. The predicted octanol–water partition coefficient (Wildman–Crippen LogP) is 4.06. The number of para-hydroxylation sites is 1. The van der Waals surface area contributed by atoms with Crippen molar-refractivity contribution in [3.8, 4) is 11.4 Å². The Balaban J connectivity index is 1.37. The summed E-state index contributed by atoms with van der Waals surface area (Å²) in [4.78, 5) is 59.9. The first-order valence-electron chi connectivity index (χ1n) is 15.3. The van der Waals surface area contributed by atoms with E-state index in [1.54, 1.807) is 51.3 Å². The first kappa shape index (κ1) is 32.0. The molecule has 11 nitrogen and oxygen atoms in total. The Morgan fingerprint density at radius 1 is 1.17 bits per heavy atom. The van der Waals surface area contributed by atoms with Gasteiger partial charge in [-0.3, -0.25) is 9.59 Å². The van der Waals surface area contributed by atoms with E-state index in [9.17, 15) is 24.4 Å². The van der Waals surface area contributed by atoms with Crippen LogP contribution in [0.15, 0.2) is 52.8 Å². The van der Waals surface area contributed by atoms with E-state index >= 15 is 0 Å². The van der Waals surface area contributed by atoms with Crippen LogP contribution in [0.3, 0.4) is 0 Å². The number of amides is 1. The van der Waals surface area contributed by atoms with Crippen LogP contribution in [-0.4, -0.2) is 66.8 Å². The second-order valence-electron chi connectivity index (χ2n) is 13.1. The molecule has 46 heavy (non-hydrogen) atoms. The number of carbonyl (C=O) groups is 3. The van der Waals surface area contributed by atoms with E-state index in [4.69, 9.17) is 14.5 Å². The molecule has 0 radical (unpaired) electrons. The SMILES string of the molecule is CC[C@@]1(OC(=O)[C@H](CCSC)NC(=O)C2=CC(C)(C)N(O)C2(C)C)C(=O)OCc2c1cc1n(c2=O)Cc2cc3ccccc3nc2-1. The van der Waals surface area contributed by atoms with E-state index < -0.39 is 40.6 Å². The molecule has 0 bridgehead atoms. The van der Waals surface area contributed by atoms with Crippen molar-refractivity contribution in [3.63, 3.8) is 0 Å². The zero-order valence-electron chi connectivity index (χ0n) is 26.8. The van der Waals surface area contributed by atoms with Crippen LogP contribution >= 0.6 is 11.8 Å². The van der Waals surface area contributed by atoms with Gasteiger partial charge in [0.1, 0.15) is 12.6 Å². The van der Waals surface area contributed by atoms with Crippen LogP contribution in [0.1, 0.15) is 64.2 Å². The van der Waals surface area contributed by atoms with Gasteiger partial charge in [0.2, 0.25) is 11.5 Å². The number of rotatable bonds is 8. The summed E-state index contributed by atoms with van der Waals surface area (Å²) in [5, 5.41) is 15.6. The molecule has 3 aromatic rings. The van der Waals surface area contributed by atoms with E-state index in [0.717, 1.165) is 21.5 Å². The smallest absolute Gasteiger partial charge is 0.355 e. The molecule has 0 fully saturated rings. The third-order valence-corrected chi connectivity index (χ3v) is 9.98. The Morgan fingerprint density at radius 2 is 1.91 bits per heavy atom. The van der Waals surface area contributed by atoms with Crippen molar-refractivity contribution < 1.29 is 29.1 Å². The Kier molecular flexibility index (Phi) is 7.89. The van der Waals surface area contributed by atoms with E-state index in [2.05, 4.69) is 5.32 Å². The van der Waals surface area contributed by atoms with E-state index in [1.165, 1.54) is 11.8 Å². The summed E-state index contributed by atoms with van der Waals surface area (Å²) < 4.78 is 13.2. The Bertz CT molecular complexity index is 1880. The molecule has 3 aliphatic rings. The molecule has 6 rings (SSSR count). The number of benzene rings is 1. The number of aromatic nitrogens is 2. The zero-order chi connectivity index (χ0) is 33.2. The first-order valence-corrected chi connectivity index (χ1v) is 16.7. The van der Waals surface area contributed by atoms with Gasteiger partial charge in [-0.2, -0.15) is 16.8 Å². The molecule has 0 saturated carbocycles. The van der Waals surface area contributed by atoms with Crippen LogP contribution in [0.5, 0.6) is 0 Å². The van der Waals surface area contributed by atoms with Crippen molar-refractivity contribution in [3.05, 3.63) is 75.1 Å². The van der Waals surface area contributed by atoms with E-state index in [0.29, 0.717) is 29.3 Å². The number of hydroxylamine groups is 2. The highest BCUT2D eigenvalue weighted by Crippen LogP contribution is 2.42. The molecule has 0 saturated heterocycles. The summed E-state index contributed by atoms with van der Waals surface area (Å²) in [6.07, 6.45) is 3.78. The first-order chi connectivity index (χ1) is 21.7. The van der Waals surface area contributed by atoms with Gasteiger partial charge in [-0.15, -0.1) is 0 Å². The van der Waals surface area contributed by atoms with Crippen molar-refractivity contribution in [2.45, 2.75) is 83.3 Å². The van der Waals surface area contributed by atoms with Gasteiger partial charge in [0.15, 0.2) is 0 Å². The highest BCUT2D eigenvalue weighted by molar-refractivity contribution is 7.98. The van der Waals surface area contributed by atoms with Crippen LogP contribution in [-0.2, 0) is 42.6 Å². The second kappa shape index (κ2) is 11.4. The minimum Gasteiger partial charge on any atom is -0.457 e. The summed E-state index contributed by atoms with van der Waals surface area (Å²) in [5.74, 6) is -1.61. The second-order valence-corrected chi connectivity index (χ2v) is 14.1. The van der Waals surface area contributed by atoms with E-state index in [1.807, 2.05) is 36.6 Å². The van der Waals surface area contributed by atoms with Crippen molar-refractivity contribution in [2.75, 3.05) is 12.0 Å². The average molecular weight is 647 g/mol. The number of thioether (sulfide) groups is 1. The molecular weight excluding hydrogens is 608 g/mol. The Hall–Kier alpha value is -4.00. The van der Waals surface area contributed by atoms with Crippen LogP contribution in [0.2, 0.25) is 0 Å². The quantitative estimate of drug-likeness (QED) is 0.270. The molecule has 1 aromatic carbocycles. The number of nitrogens with zero attached hydrogens (tertiary/aromatic N) is 3. The fraction of sp³-hybridized carbons (Fsp3) is 0.441. The van der Waals surface area contributed by atoms with Crippen LogP contribution in [0.4, 0.5) is 0 Å². The predicted molar refractivity (Wildman–Crippen MR) is 173 cm³/mol. The fourth-order valence-electron chi connectivity index (χ4n) is 6.81. The number of hydrogen-bond acceptors (Lipinski definition) is 10. The van der Waals surface area contributed by atoms with Gasteiger partial charge in [-0.1, -0.05) is 31.2 Å². The minimum atomic E-state index is -1.91. The molecule has 242 valence electrons. The summed E-state index contributed by atoms with van der Waals surface area (Å²) in [7, 11) is 0. The van der Waals surface area contributed by atoms with Gasteiger partial charge in [0, 0.05) is 22.1 Å². The molecule has 0 spiro atoms. The molecule has 12 heteroatoms. The summed E-state index contributed by atoms with van der Waals surface area (Å²) >= 11 is 1.49. The number of esters is 2. The lowest BCUT2D eigenvalue weighted by molar-refractivity contribution is -0.191. The normalized spacial score (nSPS) is 21.5. The number of fused-ring (bicyclic) bond motifs is 5. The number of cyclic esters (lactones) is 1.